The maximum absolute atomic E-state index is 12.2. The summed E-state index contributed by atoms with van der Waals surface area (Å²) in [6.45, 7) is 4.43. The number of hydrogen-bond donors (Lipinski definition) is 1. The largest absolute Gasteiger partial charge is 0.353 e. The average Bonchev–Trinajstić information content (AvgIpc) is 3.06. The molecule has 3 rings (SSSR count). The van der Waals surface area contributed by atoms with Crippen molar-refractivity contribution in [1.29, 1.82) is 0 Å². The van der Waals surface area contributed by atoms with Crippen LogP contribution >= 0.6 is 0 Å². The Balaban J connectivity index is 1.52. The average molecular weight is 329 g/mol. The Hall–Kier alpha value is -2.31. The van der Waals surface area contributed by atoms with Gasteiger partial charge < -0.3 is 9.84 Å². The van der Waals surface area contributed by atoms with Gasteiger partial charge in [0.15, 0.2) is 0 Å². The van der Waals surface area contributed by atoms with Crippen LogP contribution in [-0.2, 0) is 11.2 Å². The summed E-state index contributed by atoms with van der Waals surface area (Å²) < 4.78 is 5.18. The van der Waals surface area contributed by atoms with Gasteiger partial charge in [0, 0.05) is 31.3 Å². The number of carbonyl (C=O) groups is 1. The zero-order chi connectivity index (χ0) is 16.9. The van der Waals surface area contributed by atoms with Crippen molar-refractivity contribution in [3.05, 3.63) is 24.4 Å². The van der Waals surface area contributed by atoms with Crippen molar-refractivity contribution >= 4 is 5.91 Å². The Labute approximate surface area is 141 Å². The van der Waals surface area contributed by atoms with Crippen LogP contribution in [0.4, 0.5) is 0 Å². The number of carbonyl (C=O) groups excluding carboxylic acids is 1. The number of rotatable bonds is 5. The Morgan fingerprint density at radius 1 is 1.21 bits per heavy atom. The van der Waals surface area contributed by atoms with Crippen LogP contribution in [0.2, 0.25) is 0 Å². The van der Waals surface area contributed by atoms with E-state index in [1.54, 1.807) is 18.5 Å². The van der Waals surface area contributed by atoms with Gasteiger partial charge in [-0.05, 0) is 30.7 Å². The smallest absolute Gasteiger partial charge is 0.240 e. The molecule has 7 nitrogen and oxygen atoms in total. The molecule has 0 spiro atoms. The van der Waals surface area contributed by atoms with Gasteiger partial charge in [-0.1, -0.05) is 25.4 Å². The number of nitrogens with zero attached hydrogens (tertiary/aromatic N) is 4. The molecule has 1 saturated carbocycles. The lowest BCUT2D eigenvalue weighted by Gasteiger charge is -2.35. The van der Waals surface area contributed by atoms with Crippen molar-refractivity contribution in [3.8, 4) is 11.6 Å². The third kappa shape index (κ3) is 3.96. The third-order valence-electron chi connectivity index (χ3n) is 4.67. The number of hydrogen-bond acceptors (Lipinski definition) is 6. The van der Waals surface area contributed by atoms with Crippen LogP contribution in [-0.4, -0.2) is 32.1 Å². The Morgan fingerprint density at radius 2 is 1.92 bits per heavy atom. The molecular weight excluding hydrogens is 306 g/mol. The van der Waals surface area contributed by atoms with Crippen molar-refractivity contribution in [1.82, 2.24) is 25.4 Å². The van der Waals surface area contributed by atoms with Crippen LogP contribution in [0.5, 0.6) is 0 Å². The maximum Gasteiger partial charge on any atom is 0.240 e. The van der Waals surface area contributed by atoms with Gasteiger partial charge in [-0.3, -0.25) is 4.79 Å². The minimum Gasteiger partial charge on any atom is -0.353 e. The van der Waals surface area contributed by atoms with E-state index in [2.05, 4.69) is 39.3 Å². The van der Waals surface area contributed by atoms with E-state index in [4.69, 9.17) is 4.52 Å². The van der Waals surface area contributed by atoms with Gasteiger partial charge in [-0.25, -0.2) is 9.97 Å². The maximum atomic E-state index is 12.2. The van der Waals surface area contributed by atoms with E-state index in [0.29, 0.717) is 42.2 Å². The first kappa shape index (κ1) is 16.5. The summed E-state index contributed by atoms with van der Waals surface area (Å²) in [5.41, 5.74) is 0. The second-order valence-corrected chi connectivity index (χ2v) is 6.56. The molecule has 0 radical (unpaired) electrons. The molecule has 1 fully saturated rings. The predicted molar refractivity (Wildman–Crippen MR) is 87.8 cm³/mol. The zero-order valence-corrected chi connectivity index (χ0v) is 14.1. The van der Waals surface area contributed by atoms with E-state index in [1.807, 2.05) is 0 Å². The Morgan fingerprint density at radius 3 is 2.62 bits per heavy atom. The van der Waals surface area contributed by atoms with Gasteiger partial charge in [0.25, 0.3) is 0 Å². The zero-order valence-electron chi connectivity index (χ0n) is 14.1. The first-order valence-electron chi connectivity index (χ1n) is 8.53. The summed E-state index contributed by atoms with van der Waals surface area (Å²) >= 11 is 0. The van der Waals surface area contributed by atoms with Gasteiger partial charge in [0.1, 0.15) is 0 Å². The van der Waals surface area contributed by atoms with Gasteiger partial charge in [-0.2, -0.15) is 4.98 Å². The van der Waals surface area contributed by atoms with Crippen molar-refractivity contribution in [3.63, 3.8) is 0 Å². The van der Waals surface area contributed by atoms with Crippen molar-refractivity contribution in [2.75, 3.05) is 0 Å². The monoisotopic (exact) mass is 329 g/mol. The van der Waals surface area contributed by atoms with Crippen LogP contribution in [0.3, 0.4) is 0 Å². The summed E-state index contributed by atoms with van der Waals surface area (Å²) in [4.78, 5) is 24.6. The highest BCUT2D eigenvalue weighted by Crippen LogP contribution is 2.28. The fourth-order valence-electron chi connectivity index (χ4n) is 3.31. The molecule has 0 saturated heterocycles. The number of amides is 1. The molecule has 1 N–H and O–H groups in total. The molecule has 0 bridgehead atoms. The van der Waals surface area contributed by atoms with Crippen molar-refractivity contribution in [2.45, 2.75) is 52.0 Å². The van der Waals surface area contributed by atoms with Crippen molar-refractivity contribution in [2.24, 2.45) is 11.8 Å². The lowest BCUT2D eigenvalue weighted by atomic mass is 9.78. The Bertz CT molecular complexity index is 663. The standard InChI is InChI=1S/C17H23N5O2/c1-11-5-3-6-12(2)15(11)20-13(23)7-8-14-21-17(22-24-14)16-18-9-4-10-19-16/h4,9-12,15H,3,5-8H2,1-2H3,(H,20,23)/t11-,12-/m0/s1. The van der Waals surface area contributed by atoms with Gasteiger partial charge in [0.2, 0.25) is 23.4 Å². The molecular formula is C17H23N5O2. The molecule has 1 aliphatic rings. The van der Waals surface area contributed by atoms with Gasteiger partial charge in [-0.15, -0.1) is 0 Å². The first-order valence-corrected chi connectivity index (χ1v) is 8.53. The minimum absolute atomic E-state index is 0.0383. The summed E-state index contributed by atoms with van der Waals surface area (Å²) in [6.07, 6.45) is 7.62. The molecule has 1 amide bonds. The summed E-state index contributed by atoms with van der Waals surface area (Å²) in [6, 6.07) is 1.99. The number of nitrogens with one attached hydrogen (secondary N) is 1. The van der Waals surface area contributed by atoms with Gasteiger partial charge >= 0.3 is 0 Å². The van der Waals surface area contributed by atoms with Crippen LogP contribution in [0.15, 0.2) is 23.0 Å². The lowest BCUT2D eigenvalue weighted by molar-refractivity contribution is -0.122. The number of aromatic nitrogens is 4. The molecule has 1 aliphatic carbocycles. The molecule has 0 aromatic carbocycles. The summed E-state index contributed by atoms with van der Waals surface area (Å²) in [5.74, 6) is 2.29. The molecule has 2 aromatic rings. The predicted octanol–water partition coefficient (Wildman–Crippen LogP) is 2.40. The minimum atomic E-state index is 0.0383. The SMILES string of the molecule is C[C@H]1CCC[C@H](C)C1NC(=O)CCc1nc(-c2ncccn2)no1. The molecule has 24 heavy (non-hydrogen) atoms. The lowest BCUT2D eigenvalue weighted by Crippen LogP contribution is -2.45. The van der Waals surface area contributed by atoms with E-state index in [9.17, 15) is 4.79 Å². The van der Waals surface area contributed by atoms with E-state index in [1.165, 1.54) is 19.3 Å². The van der Waals surface area contributed by atoms with Gasteiger partial charge in [0.05, 0.1) is 0 Å². The topological polar surface area (TPSA) is 93.8 Å². The second kappa shape index (κ2) is 7.51. The molecule has 2 heterocycles. The van der Waals surface area contributed by atoms with E-state index in [0.717, 1.165) is 0 Å². The molecule has 0 aliphatic heterocycles. The Kier molecular flexibility index (Phi) is 5.17. The molecule has 0 unspecified atom stereocenters. The highest BCUT2D eigenvalue weighted by Gasteiger charge is 2.28. The number of aryl methyl sites for hydroxylation is 1. The third-order valence-corrected chi connectivity index (χ3v) is 4.67. The van der Waals surface area contributed by atoms with Crippen LogP contribution < -0.4 is 5.32 Å². The second-order valence-electron chi connectivity index (χ2n) is 6.56. The van der Waals surface area contributed by atoms with E-state index >= 15 is 0 Å². The quantitative estimate of drug-likeness (QED) is 0.905. The summed E-state index contributed by atoms with van der Waals surface area (Å²) in [7, 11) is 0. The van der Waals surface area contributed by atoms with E-state index < -0.39 is 0 Å². The summed E-state index contributed by atoms with van der Waals surface area (Å²) in [5, 5.41) is 7.04. The fourth-order valence-corrected chi connectivity index (χ4v) is 3.31. The molecule has 2 aromatic heterocycles. The first-order chi connectivity index (χ1) is 11.6. The van der Waals surface area contributed by atoms with Crippen LogP contribution in [0.25, 0.3) is 11.6 Å². The van der Waals surface area contributed by atoms with Crippen LogP contribution in [0, 0.1) is 11.8 Å². The van der Waals surface area contributed by atoms with Crippen molar-refractivity contribution < 1.29 is 9.32 Å². The molecule has 2 atom stereocenters. The van der Waals surface area contributed by atoms with Crippen LogP contribution in [0.1, 0.15) is 45.4 Å². The highest BCUT2D eigenvalue weighted by atomic mass is 16.5. The van der Waals surface area contributed by atoms with E-state index in [-0.39, 0.29) is 11.9 Å². The molecule has 7 heteroatoms. The highest BCUT2D eigenvalue weighted by molar-refractivity contribution is 5.76. The molecule has 128 valence electrons. The normalized spacial score (nSPS) is 21.6. The fraction of sp³-hybridized carbons (Fsp3) is 0.588.